The van der Waals surface area contributed by atoms with Crippen molar-refractivity contribution in [3.8, 4) is 39.6 Å². The van der Waals surface area contributed by atoms with Crippen LogP contribution in [0.3, 0.4) is 0 Å². The Balaban J connectivity index is 1.23. The minimum atomic E-state index is 0.653. The van der Waals surface area contributed by atoms with E-state index in [0.29, 0.717) is 5.95 Å². The maximum absolute atomic E-state index is 5.34. The summed E-state index contributed by atoms with van der Waals surface area (Å²) < 4.78 is 2.21. The van der Waals surface area contributed by atoms with Gasteiger partial charge in [-0.1, -0.05) is 152 Å². The fourth-order valence-electron chi connectivity index (χ4n) is 7.50. The van der Waals surface area contributed by atoms with E-state index in [4.69, 9.17) is 9.97 Å². The molecule has 8 aromatic carbocycles. The zero-order valence-electron chi connectivity index (χ0n) is 26.6. The van der Waals surface area contributed by atoms with Crippen molar-refractivity contribution in [2.45, 2.75) is 0 Å². The summed E-state index contributed by atoms with van der Waals surface area (Å²) in [6.07, 6.45) is 0. The molecule has 0 radical (unpaired) electrons. The molecule has 2 heterocycles. The average molecular weight is 624 g/mol. The Labute approximate surface area is 283 Å². The predicted molar refractivity (Wildman–Crippen MR) is 205 cm³/mol. The Morgan fingerprint density at radius 3 is 1.29 bits per heavy atom. The average Bonchev–Trinajstić information content (AvgIpc) is 3.52. The Morgan fingerprint density at radius 2 is 0.694 bits per heavy atom. The van der Waals surface area contributed by atoms with E-state index in [9.17, 15) is 0 Å². The normalized spacial score (nSPS) is 11.7. The number of aromatic nitrogens is 3. The first-order valence-electron chi connectivity index (χ1n) is 16.7. The van der Waals surface area contributed by atoms with Crippen LogP contribution >= 0.6 is 0 Å². The summed E-state index contributed by atoms with van der Waals surface area (Å²) in [5.74, 6) is 0.653. The van der Waals surface area contributed by atoms with Crippen molar-refractivity contribution < 1.29 is 0 Å². The number of hydrogen-bond donors (Lipinski definition) is 0. The molecule has 0 atom stereocenters. The fourth-order valence-corrected chi connectivity index (χ4v) is 7.50. The third-order valence-electron chi connectivity index (χ3n) is 9.82. The molecule has 0 aliphatic carbocycles. The fraction of sp³-hybridized carbons (Fsp3) is 0. The van der Waals surface area contributed by atoms with Crippen LogP contribution in [0.25, 0.3) is 93.7 Å². The highest BCUT2D eigenvalue weighted by Gasteiger charge is 2.17. The van der Waals surface area contributed by atoms with Gasteiger partial charge in [0.1, 0.15) is 0 Å². The quantitative estimate of drug-likeness (QED) is 0.183. The summed E-state index contributed by atoms with van der Waals surface area (Å²) in [5, 5.41) is 9.87. The molecule has 0 saturated carbocycles. The van der Waals surface area contributed by atoms with Crippen LogP contribution in [0.4, 0.5) is 0 Å². The van der Waals surface area contributed by atoms with Gasteiger partial charge in [0.15, 0.2) is 0 Å². The first kappa shape index (κ1) is 27.5. The van der Waals surface area contributed by atoms with Gasteiger partial charge in [-0.2, -0.15) is 0 Å². The Hall–Kier alpha value is -6.58. The second-order valence-corrected chi connectivity index (χ2v) is 12.6. The van der Waals surface area contributed by atoms with Gasteiger partial charge in [0.05, 0.1) is 22.4 Å². The van der Waals surface area contributed by atoms with Gasteiger partial charge in [-0.25, -0.2) is 9.97 Å². The molecule has 10 aromatic rings. The summed E-state index contributed by atoms with van der Waals surface area (Å²) >= 11 is 0. The lowest BCUT2D eigenvalue weighted by atomic mass is 9.93. The van der Waals surface area contributed by atoms with Crippen LogP contribution in [-0.2, 0) is 0 Å². The largest absolute Gasteiger partial charge is 0.278 e. The van der Waals surface area contributed by atoms with Gasteiger partial charge in [0.2, 0.25) is 5.95 Å². The van der Waals surface area contributed by atoms with E-state index in [2.05, 4.69) is 180 Å². The standard InChI is InChI=1S/C46H29N3/c1-2-12-30(13-3-1)31-22-24-32(25-23-31)42-29-43(48-46(47-42)49-44-20-10-8-18-39(44)40-19-9-11-21-45(40)49)33-26-27-38-36-16-5-4-14-34(36)35-15-6-7-17-37(35)41(38)28-33/h1-29H. The van der Waals surface area contributed by atoms with Crippen LogP contribution in [0, 0.1) is 0 Å². The number of hydrogen-bond acceptors (Lipinski definition) is 2. The topological polar surface area (TPSA) is 30.7 Å². The van der Waals surface area contributed by atoms with E-state index >= 15 is 0 Å². The molecule has 0 aliphatic rings. The highest BCUT2D eigenvalue weighted by Crippen LogP contribution is 2.38. The van der Waals surface area contributed by atoms with Crippen LogP contribution < -0.4 is 0 Å². The zero-order valence-corrected chi connectivity index (χ0v) is 26.6. The summed E-state index contributed by atoms with van der Waals surface area (Å²) in [4.78, 5) is 10.6. The van der Waals surface area contributed by atoms with Crippen LogP contribution in [0.5, 0.6) is 0 Å². The van der Waals surface area contributed by atoms with Crippen LogP contribution in [-0.4, -0.2) is 14.5 Å². The van der Waals surface area contributed by atoms with Gasteiger partial charge in [0, 0.05) is 21.9 Å². The minimum absolute atomic E-state index is 0.653. The van der Waals surface area contributed by atoms with Crippen LogP contribution in [0.15, 0.2) is 176 Å². The molecule has 0 N–H and O–H groups in total. The van der Waals surface area contributed by atoms with Gasteiger partial charge in [-0.05, 0) is 67.7 Å². The van der Waals surface area contributed by atoms with Crippen LogP contribution in [0.2, 0.25) is 0 Å². The molecular formula is C46H29N3. The summed E-state index contributed by atoms with van der Waals surface area (Å²) in [6.45, 7) is 0. The highest BCUT2D eigenvalue weighted by molar-refractivity contribution is 6.25. The summed E-state index contributed by atoms with van der Waals surface area (Å²) in [6, 6.07) is 62.6. The van der Waals surface area contributed by atoms with Gasteiger partial charge in [-0.3, -0.25) is 4.57 Å². The molecule has 3 nitrogen and oxygen atoms in total. The number of nitrogens with zero attached hydrogens (tertiary/aromatic N) is 3. The van der Waals surface area contributed by atoms with Crippen molar-refractivity contribution in [3.63, 3.8) is 0 Å². The molecule has 0 aliphatic heterocycles. The maximum atomic E-state index is 5.34. The molecule has 0 unspecified atom stereocenters. The third kappa shape index (κ3) is 4.44. The molecule has 228 valence electrons. The van der Waals surface area contributed by atoms with E-state index in [-0.39, 0.29) is 0 Å². The monoisotopic (exact) mass is 623 g/mol. The van der Waals surface area contributed by atoms with Crippen molar-refractivity contribution in [1.29, 1.82) is 0 Å². The Morgan fingerprint density at radius 1 is 0.286 bits per heavy atom. The number of benzene rings is 8. The minimum Gasteiger partial charge on any atom is -0.278 e. The van der Waals surface area contributed by atoms with Crippen molar-refractivity contribution in [3.05, 3.63) is 176 Å². The van der Waals surface area contributed by atoms with Gasteiger partial charge in [0.25, 0.3) is 0 Å². The SMILES string of the molecule is c1ccc(-c2ccc(-c3cc(-c4ccc5c6ccccc6c6ccccc6c5c4)nc(-n4c5ccccc5c5ccccc54)n3)cc2)cc1. The molecule has 0 bridgehead atoms. The number of fused-ring (bicyclic) bond motifs is 9. The number of rotatable bonds is 4. The lowest BCUT2D eigenvalue weighted by Crippen LogP contribution is -2.04. The van der Waals surface area contributed by atoms with E-state index in [0.717, 1.165) is 33.5 Å². The first-order valence-corrected chi connectivity index (χ1v) is 16.7. The van der Waals surface area contributed by atoms with E-state index in [1.54, 1.807) is 0 Å². The van der Waals surface area contributed by atoms with E-state index in [1.807, 2.05) is 0 Å². The Bertz CT molecular complexity index is 2780. The zero-order chi connectivity index (χ0) is 32.3. The number of para-hydroxylation sites is 2. The molecule has 3 heteroatoms. The van der Waals surface area contributed by atoms with Crippen molar-refractivity contribution in [2.75, 3.05) is 0 Å². The second-order valence-electron chi connectivity index (χ2n) is 12.6. The van der Waals surface area contributed by atoms with Gasteiger partial charge < -0.3 is 0 Å². The molecule has 0 spiro atoms. The highest BCUT2D eigenvalue weighted by atomic mass is 15.2. The van der Waals surface area contributed by atoms with E-state index < -0.39 is 0 Å². The maximum Gasteiger partial charge on any atom is 0.235 e. The van der Waals surface area contributed by atoms with Gasteiger partial charge >= 0.3 is 0 Å². The lowest BCUT2D eigenvalue weighted by molar-refractivity contribution is 0.996. The summed E-state index contributed by atoms with van der Waals surface area (Å²) in [7, 11) is 0. The summed E-state index contributed by atoms with van der Waals surface area (Å²) in [5.41, 5.74) is 8.40. The molecule has 10 rings (SSSR count). The second kappa shape index (κ2) is 11.0. The molecule has 49 heavy (non-hydrogen) atoms. The van der Waals surface area contributed by atoms with Crippen molar-refractivity contribution in [1.82, 2.24) is 14.5 Å². The molecule has 0 fully saturated rings. The van der Waals surface area contributed by atoms with Crippen LogP contribution in [0.1, 0.15) is 0 Å². The predicted octanol–water partition coefficient (Wildman–Crippen LogP) is 12.0. The van der Waals surface area contributed by atoms with Gasteiger partial charge in [-0.15, -0.1) is 0 Å². The third-order valence-corrected chi connectivity index (χ3v) is 9.82. The van der Waals surface area contributed by atoms with Crippen molar-refractivity contribution >= 4 is 54.1 Å². The Kier molecular flexibility index (Phi) is 6.18. The van der Waals surface area contributed by atoms with Crippen molar-refractivity contribution in [2.24, 2.45) is 0 Å². The molecular weight excluding hydrogens is 595 g/mol. The molecule has 0 amide bonds. The van der Waals surface area contributed by atoms with E-state index in [1.165, 1.54) is 54.2 Å². The molecule has 2 aromatic heterocycles. The smallest absolute Gasteiger partial charge is 0.235 e. The lowest BCUT2D eigenvalue weighted by Gasteiger charge is -2.14. The first-order chi connectivity index (χ1) is 24.3. The molecule has 0 saturated heterocycles.